The van der Waals surface area contributed by atoms with E-state index in [0.717, 1.165) is 25.1 Å². The van der Waals surface area contributed by atoms with Crippen molar-refractivity contribution in [3.05, 3.63) is 52.6 Å². The third-order valence-corrected chi connectivity index (χ3v) is 3.26. The second-order valence-electron chi connectivity index (χ2n) is 4.78. The number of benzene rings is 1. The molecule has 0 saturated carbocycles. The molecule has 2 rings (SSSR count). The number of nitro groups is 1. The van der Waals surface area contributed by atoms with E-state index in [-0.39, 0.29) is 10.6 Å². The van der Waals surface area contributed by atoms with Crippen molar-refractivity contribution in [3.63, 3.8) is 0 Å². The highest BCUT2D eigenvalue weighted by molar-refractivity contribution is 5.67. The number of aromatic nitrogens is 2. The molecule has 6 nitrogen and oxygen atoms in total. The number of imidazole rings is 1. The summed E-state index contributed by atoms with van der Waals surface area (Å²) >= 11 is 0. The Labute approximate surface area is 117 Å². The standard InChI is InChI=1S/C14H18N4O2/c1-12-5-3-6-13(18(19)20)14(12)16(2)8-4-9-17-10-7-15-11-17/h3,5-7,10-11H,4,8-9H2,1-2H3. The molecule has 0 aliphatic carbocycles. The summed E-state index contributed by atoms with van der Waals surface area (Å²) in [7, 11) is 1.89. The van der Waals surface area contributed by atoms with Crippen molar-refractivity contribution in [2.24, 2.45) is 0 Å². The van der Waals surface area contributed by atoms with E-state index in [1.807, 2.05) is 35.7 Å². The largest absolute Gasteiger partial charge is 0.369 e. The lowest BCUT2D eigenvalue weighted by Crippen LogP contribution is -2.21. The number of para-hydroxylation sites is 1. The second kappa shape index (κ2) is 6.18. The molecule has 0 unspecified atom stereocenters. The molecule has 1 aromatic heterocycles. The molecule has 0 N–H and O–H groups in total. The van der Waals surface area contributed by atoms with Gasteiger partial charge >= 0.3 is 0 Å². The van der Waals surface area contributed by atoms with Crippen LogP contribution in [0.3, 0.4) is 0 Å². The highest BCUT2D eigenvalue weighted by Gasteiger charge is 2.18. The van der Waals surface area contributed by atoms with E-state index >= 15 is 0 Å². The highest BCUT2D eigenvalue weighted by atomic mass is 16.6. The van der Waals surface area contributed by atoms with Gasteiger partial charge < -0.3 is 9.47 Å². The van der Waals surface area contributed by atoms with Gasteiger partial charge in [-0.1, -0.05) is 12.1 Å². The van der Waals surface area contributed by atoms with Gasteiger partial charge in [-0.3, -0.25) is 10.1 Å². The number of hydrogen-bond donors (Lipinski definition) is 0. The van der Waals surface area contributed by atoms with Crippen molar-refractivity contribution in [1.82, 2.24) is 9.55 Å². The third kappa shape index (κ3) is 3.14. The first-order chi connectivity index (χ1) is 9.59. The van der Waals surface area contributed by atoms with Gasteiger partial charge in [0, 0.05) is 38.6 Å². The van der Waals surface area contributed by atoms with Crippen LogP contribution in [-0.2, 0) is 6.54 Å². The van der Waals surface area contributed by atoms with Crippen molar-refractivity contribution in [3.8, 4) is 0 Å². The summed E-state index contributed by atoms with van der Waals surface area (Å²) in [5.74, 6) is 0. The van der Waals surface area contributed by atoms with Crippen molar-refractivity contribution >= 4 is 11.4 Å². The Morgan fingerprint density at radius 1 is 1.45 bits per heavy atom. The average molecular weight is 274 g/mol. The molecule has 106 valence electrons. The number of rotatable bonds is 6. The first kappa shape index (κ1) is 14.0. The molecule has 0 atom stereocenters. The summed E-state index contributed by atoms with van der Waals surface area (Å²) in [4.78, 5) is 16.7. The van der Waals surface area contributed by atoms with Gasteiger partial charge in [-0.2, -0.15) is 0 Å². The Morgan fingerprint density at radius 3 is 2.90 bits per heavy atom. The van der Waals surface area contributed by atoms with Gasteiger partial charge in [0.1, 0.15) is 5.69 Å². The van der Waals surface area contributed by atoms with Crippen molar-refractivity contribution < 1.29 is 4.92 Å². The molecule has 1 aromatic carbocycles. The zero-order valence-electron chi connectivity index (χ0n) is 11.7. The molecule has 0 saturated heterocycles. The lowest BCUT2D eigenvalue weighted by Gasteiger charge is -2.21. The van der Waals surface area contributed by atoms with E-state index in [0.29, 0.717) is 5.69 Å². The maximum absolute atomic E-state index is 11.1. The Balaban J connectivity index is 2.05. The monoisotopic (exact) mass is 274 g/mol. The van der Waals surface area contributed by atoms with Crippen LogP contribution >= 0.6 is 0 Å². The molecule has 0 bridgehead atoms. The third-order valence-electron chi connectivity index (χ3n) is 3.26. The molecule has 0 spiro atoms. The maximum atomic E-state index is 11.1. The molecule has 0 amide bonds. The summed E-state index contributed by atoms with van der Waals surface area (Å²) < 4.78 is 2.00. The van der Waals surface area contributed by atoms with Gasteiger partial charge in [0.15, 0.2) is 0 Å². The Morgan fingerprint density at radius 2 is 2.25 bits per heavy atom. The van der Waals surface area contributed by atoms with Gasteiger partial charge in [-0.15, -0.1) is 0 Å². The molecule has 0 aliphatic heterocycles. The van der Waals surface area contributed by atoms with E-state index in [1.54, 1.807) is 24.7 Å². The minimum atomic E-state index is -0.325. The van der Waals surface area contributed by atoms with E-state index < -0.39 is 0 Å². The lowest BCUT2D eigenvalue weighted by molar-refractivity contribution is -0.384. The summed E-state index contributed by atoms with van der Waals surface area (Å²) in [5, 5.41) is 11.1. The van der Waals surface area contributed by atoms with Crippen LogP contribution in [0.15, 0.2) is 36.9 Å². The van der Waals surface area contributed by atoms with Crippen LogP contribution in [-0.4, -0.2) is 28.1 Å². The fourth-order valence-electron chi connectivity index (χ4n) is 2.31. The molecule has 0 fully saturated rings. The zero-order chi connectivity index (χ0) is 14.5. The second-order valence-corrected chi connectivity index (χ2v) is 4.78. The molecule has 20 heavy (non-hydrogen) atoms. The van der Waals surface area contributed by atoms with Gasteiger partial charge in [-0.25, -0.2) is 4.98 Å². The van der Waals surface area contributed by atoms with Gasteiger partial charge in [0.25, 0.3) is 5.69 Å². The van der Waals surface area contributed by atoms with E-state index in [2.05, 4.69) is 4.98 Å². The molecule has 6 heteroatoms. The normalized spacial score (nSPS) is 10.5. The van der Waals surface area contributed by atoms with Crippen LogP contribution in [0.5, 0.6) is 0 Å². The van der Waals surface area contributed by atoms with Crippen LogP contribution in [0.1, 0.15) is 12.0 Å². The van der Waals surface area contributed by atoms with Gasteiger partial charge in [0.2, 0.25) is 0 Å². The number of anilines is 1. The van der Waals surface area contributed by atoms with E-state index in [9.17, 15) is 10.1 Å². The van der Waals surface area contributed by atoms with Crippen LogP contribution in [0.2, 0.25) is 0 Å². The Hall–Kier alpha value is -2.37. The summed E-state index contributed by atoms with van der Waals surface area (Å²) in [6, 6.07) is 5.17. The minimum Gasteiger partial charge on any atom is -0.369 e. The molecular formula is C14H18N4O2. The molecule has 0 aliphatic rings. The smallest absolute Gasteiger partial charge is 0.292 e. The molecule has 1 heterocycles. The van der Waals surface area contributed by atoms with Crippen molar-refractivity contribution in [2.45, 2.75) is 19.9 Å². The van der Waals surface area contributed by atoms with Gasteiger partial charge in [0.05, 0.1) is 11.3 Å². The Kier molecular flexibility index (Phi) is 4.34. The fourth-order valence-corrected chi connectivity index (χ4v) is 2.31. The number of aryl methyl sites for hydroxylation is 2. The first-order valence-corrected chi connectivity index (χ1v) is 6.50. The summed E-state index contributed by atoms with van der Waals surface area (Å²) in [6.07, 6.45) is 6.33. The summed E-state index contributed by atoms with van der Waals surface area (Å²) in [6.45, 7) is 3.50. The molecule has 2 aromatic rings. The molecule has 0 radical (unpaired) electrons. The highest BCUT2D eigenvalue weighted by Crippen LogP contribution is 2.30. The van der Waals surface area contributed by atoms with Crippen LogP contribution in [0.4, 0.5) is 11.4 Å². The van der Waals surface area contributed by atoms with E-state index in [4.69, 9.17) is 0 Å². The predicted octanol–water partition coefficient (Wildman–Crippen LogP) is 2.63. The number of nitrogens with zero attached hydrogens (tertiary/aromatic N) is 4. The SMILES string of the molecule is Cc1cccc([N+](=O)[O-])c1N(C)CCCn1ccnc1. The first-order valence-electron chi connectivity index (χ1n) is 6.50. The average Bonchev–Trinajstić information content (AvgIpc) is 2.91. The molecular weight excluding hydrogens is 256 g/mol. The number of hydrogen-bond acceptors (Lipinski definition) is 4. The summed E-state index contributed by atoms with van der Waals surface area (Å²) in [5.41, 5.74) is 1.78. The Bertz CT molecular complexity index is 581. The lowest BCUT2D eigenvalue weighted by atomic mass is 10.1. The van der Waals surface area contributed by atoms with Crippen molar-refractivity contribution in [2.75, 3.05) is 18.5 Å². The van der Waals surface area contributed by atoms with Crippen LogP contribution < -0.4 is 4.90 Å². The van der Waals surface area contributed by atoms with Crippen LogP contribution in [0, 0.1) is 17.0 Å². The van der Waals surface area contributed by atoms with Gasteiger partial charge in [-0.05, 0) is 18.9 Å². The maximum Gasteiger partial charge on any atom is 0.292 e. The predicted molar refractivity (Wildman–Crippen MR) is 77.9 cm³/mol. The fraction of sp³-hybridized carbons (Fsp3) is 0.357. The topological polar surface area (TPSA) is 64.2 Å². The quantitative estimate of drug-likeness (QED) is 0.600. The zero-order valence-corrected chi connectivity index (χ0v) is 11.7. The van der Waals surface area contributed by atoms with Crippen LogP contribution in [0.25, 0.3) is 0 Å². The number of nitro benzene ring substituents is 1. The minimum absolute atomic E-state index is 0.162. The van der Waals surface area contributed by atoms with Crippen molar-refractivity contribution in [1.29, 1.82) is 0 Å². The van der Waals surface area contributed by atoms with E-state index in [1.165, 1.54) is 0 Å².